The van der Waals surface area contributed by atoms with Gasteiger partial charge < -0.3 is 10.6 Å². The van der Waals surface area contributed by atoms with E-state index in [0.29, 0.717) is 6.04 Å². The van der Waals surface area contributed by atoms with E-state index in [4.69, 9.17) is 0 Å². The molecule has 1 aromatic carbocycles. The van der Waals surface area contributed by atoms with E-state index in [9.17, 15) is 0 Å². The van der Waals surface area contributed by atoms with Gasteiger partial charge >= 0.3 is 0 Å². The van der Waals surface area contributed by atoms with Crippen LogP contribution in [0, 0.1) is 5.92 Å². The van der Waals surface area contributed by atoms with Crippen molar-refractivity contribution in [3.8, 4) is 0 Å². The second-order valence-electron chi connectivity index (χ2n) is 6.83. The Balaban J connectivity index is 0.00000208. The van der Waals surface area contributed by atoms with Gasteiger partial charge in [-0.15, -0.1) is 24.0 Å². The summed E-state index contributed by atoms with van der Waals surface area (Å²) in [5.41, 5.74) is 3.02. The van der Waals surface area contributed by atoms with Gasteiger partial charge in [0.25, 0.3) is 0 Å². The standard InChI is InChI=1S/C19H30N4.HI/c1-3-18(13-22-19(20-2)21-12-15-8-9-15)23-11-10-16-6-4-5-7-17(16)14-23;/h4-7,15,18H,3,8-14H2,1-2H3,(H2,20,21,22);1H. The van der Waals surface area contributed by atoms with Crippen molar-refractivity contribution in [1.82, 2.24) is 15.5 Å². The van der Waals surface area contributed by atoms with E-state index >= 15 is 0 Å². The summed E-state index contributed by atoms with van der Waals surface area (Å²) in [4.78, 5) is 6.97. The summed E-state index contributed by atoms with van der Waals surface area (Å²) in [5.74, 6) is 1.82. The first kappa shape index (κ1) is 19.5. The Morgan fingerprint density at radius 1 is 1.25 bits per heavy atom. The van der Waals surface area contributed by atoms with Crippen LogP contribution >= 0.6 is 24.0 Å². The molecular weight excluding hydrogens is 411 g/mol. The van der Waals surface area contributed by atoms with E-state index in [-0.39, 0.29) is 24.0 Å². The average Bonchev–Trinajstić information content (AvgIpc) is 3.42. The van der Waals surface area contributed by atoms with Crippen molar-refractivity contribution in [2.75, 3.05) is 26.7 Å². The first-order valence-electron chi connectivity index (χ1n) is 9.05. The van der Waals surface area contributed by atoms with E-state index in [2.05, 4.69) is 51.7 Å². The zero-order chi connectivity index (χ0) is 16.1. The summed E-state index contributed by atoms with van der Waals surface area (Å²) < 4.78 is 0. The zero-order valence-electron chi connectivity index (χ0n) is 14.9. The van der Waals surface area contributed by atoms with E-state index in [0.717, 1.165) is 44.5 Å². The number of rotatable bonds is 6. The van der Waals surface area contributed by atoms with E-state index in [1.807, 2.05) is 7.05 Å². The van der Waals surface area contributed by atoms with Crippen molar-refractivity contribution >= 4 is 29.9 Å². The number of nitrogens with zero attached hydrogens (tertiary/aromatic N) is 2. The number of hydrogen-bond donors (Lipinski definition) is 2. The summed E-state index contributed by atoms with van der Waals surface area (Å²) in [5, 5.41) is 6.97. The molecule has 2 N–H and O–H groups in total. The van der Waals surface area contributed by atoms with E-state index in [1.54, 1.807) is 0 Å². The number of aliphatic imine (C=N–C) groups is 1. The summed E-state index contributed by atoms with van der Waals surface area (Å²) in [6.07, 6.45) is 5.07. The molecule has 1 saturated carbocycles. The van der Waals surface area contributed by atoms with Crippen LogP contribution in [0.2, 0.25) is 0 Å². The molecule has 3 rings (SSSR count). The molecule has 2 aliphatic rings. The molecule has 24 heavy (non-hydrogen) atoms. The molecule has 0 amide bonds. The van der Waals surface area contributed by atoms with Gasteiger partial charge in [0, 0.05) is 39.3 Å². The molecule has 1 atom stereocenters. The fourth-order valence-electron chi connectivity index (χ4n) is 3.36. The van der Waals surface area contributed by atoms with Crippen LogP contribution in [0.5, 0.6) is 0 Å². The van der Waals surface area contributed by atoms with Crippen molar-refractivity contribution in [3.63, 3.8) is 0 Å². The Morgan fingerprint density at radius 3 is 2.67 bits per heavy atom. The first-order chi connectivity index (χ1) is 11.3. The van der Waals surface area contributed by atoms with Gasteiger partial charge in [0.1, 0.15) is 0 Å². The molecule has 134 valence electrons. The SMILES string of the molecule is CCC(CNC(=NC)NCC1CC1)N1CCc2ccccc2C1.I. The molecule has 1 aliphatic heterocycles. The van der Waals surface area contributed by atoms with E-state index < -0.39 is 0 Å². The number of fused-ring (bicyclic) bond motifs is 1. The van der Waals surface area contributed by atoms with Crippen molar-refractivity contribution < 1.29 is 0 Å². The van der Waals surface area contributed by atoms with Gasteiger partial charge in [-0.05, 0) is 42.7 Å². The molecule has 1 unspecified atom stereocenters. The van der Waals surface area contributed by atoms with Crippen LogP contribution in [0.15, 0.2) is 29.3 Å². The smallest absolute Gasteiger partial charge is 0.191 e. The van der Waals surface area contributed by atoms with Crippen LogP contribution in [-0.2, 0) is 13.0 Å². The molecule has 0 bridgehead atoms. The topological polar surface area (TPSA) is 39.7 Å². The number of benzene rings is 1. The maximum Gasteiger partial charge on any atom is 0.191 e. The minimum atomic E-state index is 0. The maximum absolute atomic E-state index is 4.35. The number of halogens is 1. The van der Waals surface area contributed by atoms with Crippen LogP contribution in [0.3, 0.4) is 0 Å². The molecule has 4 nitrogen and oxygen atoms in total. The predicted octanol–water partition coefficient (Wildman–Crippen LogP) is 3.02. The van der Waals surface area contributed by atoms with Gasteiger partial charge in [0.15, 0.2) is 5.96 Å². The lowest BCUT2D eigenvalue weighted by molar-refractivity contribution is 0.174. The Bertz CT molecular complexity index is 542. The highest BCUT2D eigenvalue weighted by Crippen LogP contribution is 2.27. The van der Waals surface area contributed by atoms with Crippen LogP contribution in [0.4, 0.5) is 0 Å². The Hall–Kier alpha value is -0.820. The van der Waals surface area contributed by atoms with Gasteiger partial charge in [-0.25, -0.2) is 0 Å². The molecule has 0 aromatic heterocycles. The third-order valence-electron chi connectivity index (χ3n) is 5.13. The molecule has 0 spiro atoms. The number of guanidine groups is 1. The lowest BCUT2D eigenvalue weighted by atomic mass is 9.98. The van der Waals surface area contributed by atoms with Crippen LogP contribution in [0.25, 0.3) is 0 Å². The zero-order valence-corrected chi connectivity index (χ0v) is 17.3. The quantitative estimate of drug-likeness (QED) is 0.404. The molecule has 1 heterocycles. The summed E-state index contributed by atoms with van der Waals surface area (Å²) >= 11 is 0. The minimum Gasteiger partial charge on any atom is -0.356 e. The van der Waals surface area contributed by atoms with Crippen LogP contribution in [0.1, 0.15) is 37.3 Å². The van der Waals surface area contributed by atoms with Crippen molar-refractivity contribution in [1.29, 1.82) is 0 Å². The lowest BCUT2D eigenvalue weighted by Gasteiger charge is -2.35. The molecule has 1 aliphatic carbocycles. The van der Waals surface area contributed by atoms with Crippen molar-refractivity contribution in [2.24, 2.45) is 10.9 Å². The van der Waals surface area contributed by atoms with Crippen molar-refractivity contribution in [3.05, 3.63) is 35.4 Å². The second kappa shape index (κ2) is 9.61. The summed E-state index contributed by atoms with van der Waals surface area (Å²) in [6, 6.07) is 9.42. The van der Waals surface area contributed by atoms with Crippen LogP contribution < -0.4 is 10.6 Å². The Morgan fingerprint density at radius 2 is 2.00 bits per heavy atom. The van der Waals surface area contributed by atoms with Crippen molar-refractivity contribution in [2.45, 2.75) is 45.2 Å². The molecule has 1 fully saturated rings. The summed E-state index contributed by atoms with van der Waals surface area (Å²) in [7, 11) is 1.86. The Labute approximate surface area is 163 Å². The normalized spacial score (nSPS) is 19.2. The van der Waals surface area contributed by atoms with Gasteiger partial charge in [-0.2, -0.15) is 0 Å². The highest BCUT2D eigenvalue weighted by molar-refractivity contribution is 14.0. The number of hydrogen-bond acceptors (Lipinski definition) is 2. The highest BCUT2D eigenvalue weighted by Gasteiger charge is 2.23. The molecule has 0 radical (unpaired) electrons. The third-order valence-corrected chi connectivity index (χ3v) is 5.13. The second-order valence-corrected chi connectivity index (χ2v) is 6.83. The number of nitrogens with one attached hydrogen (secondary N) is 2. The monoisotopic (exact) mass is 442 g/mol. The van der Waals surface area contributed by atoms with Gasteiger partial charge in [0.05, 0.1) is 0 Å². The highest BCUT2D eigenvalue weighted by atomic mass is 127. The van der Waals surface area contributed by atoms with Gasteiger partial charge in [-0.1, -0.05) is 31.2 Å². The fourth-order valence-corrected chi connectivity index (χ4v) is 3.36. The third kappa shape index (κ3) is 5.34. The lowest BCUT2D eigenvalue weighted by Crippen LogP contribution is -2.48. The minimum absolute atomic E-state index is 0. The Kier molecular flexibility index (Phi) is 7.81. The van der Waals surface area contributed by atoms with Crippen LogP contribution in [-0.4, -0.2) is 43.6 Å². The molecule has 0 saturated heterocycles. The molecular formula is C19H31IN4. The first-order valence-corrected chi connectivity index (χ1v) is 9.05. The summed E-state index contributed by atoms with van der Waals surface area (Å²) in [6.45, 7) is 6.54. The molecule has 1 aromatic rings. The molecule has 5 heteroatoms. The largest absolute Gasteiger partial charge is 0.356 e. The average molecular weight is 442 g/mol. The van der Waals surface area contributed by atoms with Gasteiger partial charge in [0.2, 0.25) is 0 Å². The van der Waals surface area contributed by atoms with Gasteiger partial charge in [-0.3, -0.25) is 9.89 Å². The predicted molar refractivity (Wildman–Crippen MR) is 112 cm³/mol. The van der Waals surface area contributed by atoms with E-state index in [1.165, 1.54) is 30.4 Å². The fraction of sp³-hybridized carbons (Fsp3) is 0.632. The maximum atomic E-state index is 4.35.